The average molecular weight is 276 g/mol. The van der Waals surface area contributed by atoms with Gasteiger partial charge in [0.15, 0.2) is 0 Å². The molecule has 1 N–H and O–H groups in total. The Morgan fingerprint density at radius 3 is 2.32 bits per heavy atom. The Kier molecular flexibility index (Phi) is 5.66. The zero-order valence-corrected chi connectivity index (χ0v) is 11.7. The maximum atomic E-state index is 12.1. The van der Waals surface area contributed by atoms with Crippen molar-refractivity contribution in [1.82, 2.24) is 5.32 Å². The van der Waals surface area contributed by atoms with Crippen LogP contribution in [0.3, 0.4) is 0 Å². The Morgan fingerprint density at radius 2 is 1.89 bits per heavy atom. The van der Waals surface area contributed by atoms with Gasteiger partial charge in [0.1, 0.15) is 0 Å². The van der Waals surface area contributed by atoms with Gasteiger partial charge >= 0.3 is 6.18 Å². The number of rotatable bonds is 5. The normalized spacial score (nSPS) is 28.4. The Bertz CT molecular complexity index is 310. The predicted molar refractivity (Wildman–Crippen MR) is 68.4 cm³/mol. The SMILES string of the molecule is CC(C)[C@]1(CC#N)CC[C@@H](NCCC(F)(F)F)CC1. The van der Waals surface area contributed by atoms with Gasteiger partial charge in [-0.05, 0) is 37.0 Å². The van der Waals surface area contributed by atoms with Gasteiger partial charge in [-0.2, -0.15) is 18.4 Å². The fourth-order valence-electron chi connectivity index (χ4n) is 2.93. The van der Waals surface area contributed by atoms with Gasteiger partial charge in [-0.1, -0.05) is 13.8 Å². The number of nitriles is 1. The molecule has 19 heavy (non-hydrogen) atoms. The average Bonchev–Trinajstić information content (AvgIpc) is 2.30. The van der Waals surface area contributed by atoms with Crippen LogP contribution in [-0.2, 0) is 0 Å². The second kappa shape index (κ2) is 6.60. The molecule has 110 valence electrons. The van der Waals surface area contributed by atoms with Crippen LogP contribution in [0.5, 0.6) is 0 Å². The zero-order chi connectivity index (χ0) is 14.5. The molecule has 0 aliphatic heterocycles. The Balaban J connectivity index is 2.38. The highest BCUT2D eigenvalue weighted by Crippen LogP contribution is 2.45. The molecule has 2 nitrogen and oxygen atoms in total. The van der Waals surface area contributed by atoms with E-state index in [-0.39, 0.29) is 18.0 Å². The first-order chi connectivity index (χ1) is 8.79. The minimum absolute atomic E-state index is 0.00109. The molecule has 0 unspecified atom stereocenters. The number of halogens is 3. The van der Waals surface area contributed by atoms with Crippen molar-refractivity contribution in [3.63, 3.8) is 0 Å². The predicted octanol–water partition coefficient (Wildman–Crippen LogP) is 4.03. The quantitative estimate of drug-likeness (QED) is 0.823. The summed E-state index contributed by atoms with van der Waals surface area (Å²) in [5, 5.41) is 11.9. The van der Waals surface area contributed by atoms with Crippen LogP contribution < -0.4 is 5.32 Å². The number of nitrogens with one attached hydrogen (secondary N) is 1. The molecule has 0 atom stereocenters. The van der Waals surface area contributed by atoms with E-state index in [1.54, 1.807) is 0 Å². The highest BCUT2D eigenvalue weighted by molar-refractivity contribution is 4.95. The van der Waals surface area contributed by atoms with Crippen molar-refractivity contribution in [3.8, 4) is 6.07 Å². The highest BCUT2D eigenvalue weighted by atomic mass is 19.4. The summed E-state index contributed by atoms with van der Waals surface area (Å²) in [4.78, 5) is 0. The fourth-order valence-corrected chi connectivity index (χ4v) is 2.93. The maximum Gasteiger partial charge on any atom is 0.390 e. The largest absolute Gasteiger partial charge is 0.390 e. The number of nitrogens with zero attached hydrogens (tertiary/aromatic N) is 1. The lowest BCUT2D eigenvalue weighted by atomic mass is 9.64. The van der Waals surface area contributed by atoms with Crippen molar-refractivity contribution in [2.75, 3.05) is 6.54 Å². The fraction of sp³-hybridized carbons (Fsp3) is 0.929. The molecule has 0 aromatic rings. The number of hydrogen-bond acceptors (Lipinski definition) is 2. The molecular weight excluding hydrogens is 253 g/mol. The first kappa shape index (κ1) is 16.3. The van der Waals surface area contributed by atoms with E-state index in [0.717, 1.165) is 25.7 Å². The Morgan fingerprint density at radius 1 is 1.32 bits per heavy atom. The molecule has 0 amide bonds. The number of hydrogen-bond donors (Lipinski definition) is 1. The van der Waals surface area contributed by atoms with Gasteiger partial charge in [0.2, 0.25) is 0 Å². The molecule has 1 rings (SSSR count). The van der Waals surface area contributed by atoms with Gasteiger partial charge in [0.25, 0.3) is 0 Å². The van der Waals surface area contributed by atoms with E-state index in [0.29, 0.717) is 12.3 Å². The molecular formula is C14H23F3N2. The maximum absolute atomic E-state index is 12.1. The van der Waals surface area contributed by atoms with E-state index in [4.69, 9.17) is 5.26 Å². The topological polar surface area (TPSA) is 35.8 Å². The standard InChI is InChI=1S/C14H23F3N2/c1-11(2)13(7-9-18)5-3-12(4-6-13)19-10-8-14(15,16)17/h11-12,19H,3-8,10H2,1-2H3/t12-,13-. The summed E-state index contributed by atoms with van der Waals surface area (Å²) in [5.41, 5.74) is 0.0664. The van der Waals surface area contributed by atoms with Crippen LogP contribution in [-0.4, -0.2) is 18.8 Å². The third kappa shape index (κ3) is 5.02. The lowest BCUT2D eigenvalue weighted by Crippen LogP contribution is -2.40. The molecule has 0 heterocycles. The van der Waals surface area contributed by atoms with E-state index < -0.39 is 12.6 Å². The Labute approximate surface area is 113 Å². The van der Waals surface area contributed by atoms with Gasteiger partial charge in [-0.15, -0.1) is 0 Å². The lowest BCUT2D eigenvalue weighted by Gasteiger charge is -2.42. The minimum atomic E-state index is -4.08. The van der Waals surface area contributed by atoms with Crippen LogP contribution in [0.15, 0.2) is 0 Å². The summed E-state index contributed by atoms with van der Waals surface area (Å²) < 4.78 is 36.2. The van der Waals surface area contributed by atoms with Crippen molar-refractivity contribution in [2.45, 2.75) is 64.6 Å². The second-order valence-electron chi connectivity index (χ2n) is 5.95. The molecule has 0 saturated heterocycles. The monoisotopic (exact) mass is 276 g/mol. The summed E-state index contributed by atoms with van der Waals surface area (Å²) >= 11 is 0. The summed E-state index contributed by atoms with van der Waals surface area (Å²) in [6.07, 6.45) is -0.680. The highest BCUT2D eigenvalue weighted by Gasteiger charge is 2.37. The van der Waals surface area contributed by atoms with Crippen molar-refractivity contribution in [2.24, 2.45) is 11.3 Å². The smallest absolute Gasteiger partial charge is 0.314 e. The molecule has 0 radical (unpaired) electrons. The van der Waals surface area contributed by atoms with E-state index in [9.17, 15) is 13.2 Å². The van der Waals surface area contributed by atoms with E-state index in [1.807, 2.05) is 0 Å². The first-order valence-corrected chi connectivity index (χ1v) is 6.96. The summed E-state index contributed by atoms with van der Waals surface area (Å²) in [6.45, 7) is 4.27. The third-order valence-corrected chi connectivity index (χ3v) is 4.48. The van der Waals surface area contributed by atoms with Crippen LogP contribution in [0.2, 0.25) is 0 Å². The summed E-state index contributed by atoms with van der Waals surface area (Å²) in [7, 11) is 0. The minimum Gasteiger partial charge on any atom is -0.314 e. The summed E-state index contributed by atoms with van der Waals surface area (Å²) in [5.74, 6) is 0.447. The molecule has 0 aromatic carbocycles. The van der Waals surface area contributed by atoms with Gasteiger partial charge in [0.05, 0.1) is 12.5 Å². The van der Waals surface area contributed by atoms with E-state index in [2.05, 4.69) is 25.2 Å². The second-order valence-corrected chi connectivity index (χ2v) is 5.95. The molecule has 0 aromatic heterocycles. The lowest BCUT2D eigenvalue weighted by molar-refractivity contribution is -0.133. The first-order valence-electron chi connectivity index (χ1n) is 6.96. The van der Waals surface area contributed by atoms with Crippen molar-refractivity contribution >= 4 is 0 Å². The van der Waals surface area contributed by atoms with Crippen LogP contribution in [0.25, 0.3) is 0 Å². The van der Waals surface area contributed by atoms with Gasteiger partial charge in [-0.3, -0.25) is 0 Å². The molecule has 0 spiro atoms. The molecule has 0 bridgehead atoms. The van der Waals surface area contributed by atoms with E-state index >= 15 is 0 Å². The van der Waals surface area contributed by atoms with Gasteiger partial charge < -0.3 is 5.32 Å². The zero-order valence-electron chi connectivity index (χ0n) is 11.7. The van der Waals surface area contributed by atoms with Crippen LogP contribution >= 0.6 is 0 Å². The third-order valence-electron chi connectivity index (χ3n) is 4.48. The van der Waals surface area contributed by atoms with Gasteiger partial charge in [0, 0.05) is 19.0 Å². The van der Waals surface area contributed by atoms with Crippen molar-refractivity contribution < 1.29 is 13.2 Å². The molecule has 5 heteroatoms. The summed E-state index contributed by atoms with van der Waals surface area (Å²) in [6, 6.07) is 2.44. The van der Waals surface area contributed by atoms with Crippen molar-refractivity contribution in [3.05, 3.63) is 0 Å². The van der Waals surface area contributed by atoms with Crippen LogP contribution in [0.4, 0.5) is 13.2 Å². The van der Waals surface area contributed by atoms with E-state index in [1.165, 1.54) is 0 Å². The molecule has 1 saturated carbocycles. The van der Waals surface area contributed by atoms with Crippen LogP contribution in [0.1, 0.15) is 52.4 Å². The molecule has 1 aliphatic carbocycles. The van der Waals surface area contributed by atoms with Crippen molar-refractivity contribution in [1.29, 1.82) is 5.26 Å². The molecule has 1 aliphatic rings. The van der Waals surface area contributed by atoms with Crippen LogP contribution in [0, 0.1) is 22.7 Å². The van der Waals surface area contributed by atoms with Gasteiger partial charge in [-0.25, -0.2) is 0 Å². The Hall–Kier alpha value is -0.760. The number of alkyl halides is 3. The molecule has 1 fully saturated rings.